The molecule has 3 heterocycles. The fraction of sp³-hybridized carbons (Fsp3) is 0.212. The van der Waals surface area contributed by atoms with Crippen LogP contribution in [0, 0.1) is 13.8 Å². The molecule has 2 amide bonds. The minimum absolute atomic E-state index is 0.203. The largest absolute Gasteiger partial charge is 0.495 e. The number of para-hydroxylation sites is 1. The number of nitrogens with zero attached hydrogens (tertiary/aromatic N) is 4. The third-order valence-electron chi connectivity index (χ3n) is 7.52. The first-order valence-electron chi connectivity index (χ1n) is 13.6. The number of amides is 2. The van der Waals surface area contributed by atoms with Crippen molar-refractivity contribution in [3.05, 3.63) is 125 Å². The number of anilines is 1. The summed E-state index contributed by atoms with van der Waals surface area (Å²) in [6.45, 7) is 6.59. The molecular formula is C33H33N5O2. The fourth-order valence-electron chi connectivity index (χ4n) is 5.65. The van der Waals surface area contributed by atoms with Crippen molar-refractivity contribution in [2.45, 2.75) is 39.8 Å². The Labute approximate surface area is 234 Å². The number of methoxy groups -OCH3 is 1. The smallest absolute Gasteiger partial charge is 0.323 e. The maximum Gasteiger partial charge on any atom is 0.323 e. The van der Waals surface area contributed by atoms with Crippen molar-refractivity contribution in [1.29, 1.82) is 0 Å². The average Bonchev–Trinajstić information content (AvgIpc) is 3.54. The average molecular weight is 532 g/mol. The third-order valence-corrected chi connectivity index (χ3v) is 7.52. The molecule has 40 heavy (non-hydrogen) atoms. The number of rotatable bonds is 5. The lowest BCUT2D eigenvalue weighted by atomic mass is 10.00. The van der Waals surface area contributed by atoms with Crippen molar-refractivity contribution < 1.29 is 9.53 Å². The van der Waals surface area contributed by atoms with Crippen LogP contribution >= 0.6 is 0 Å². The zero-order chi connectivity index (χ0) is 27.8. The molecule has 1 aliphatic heterocycles. The van der Waals surface area contributed by atoms with E-state index in [4.69, 9.17) is 9.84 Å². The third kappa shape index (κ3) is 4.43. The maximum absolute atomic E-state index is 14.3. The van der Waals surface area contributed by atoms with E-state index in [1.165, 1.54) is 0 Å². The highest BCUT2D eigenvalue weighted by molar-refractivity contribution is 5.92. The van der Waals surface area contributed by atoms with Gasteiger partial charge in [-0.25, -0.2) is 9.48 Å². The SMILES string of the molecule is CCc1nn(-c2ccccc2)c2c1CN(C(=O)Nc1cc(C)ccc1OC)[C@@H](c1cccc(C)c1)c1cccn1-2. The monoisotopic (exact) mass is 531 g/mol. The standard InChI is InChI=1S/C33H33N5O2/c1-5-27-26-21-37(33(39)34-28-20-23(3)16-17-30(28)40-4)31(24-12-9-11-22(2)19-24)29-15-10-18-36(29)32(26)38(35-27)25-13-7-6-8-14-25/h6-20,31H,5,21H2,1-4H3,(H,34,39)/t31-/m0/s1. The Morgan fingerprint density at radius 1 is 0.975 bits per heavy atom. The first-order valence-corrected chi connectivity index (χ1v) is 13.6. The molecule has 202 valence electrons. The zero-order valence-corrected chi connectivity index (χ0v) is 23.3. The van der Waals surface area contributed by atoms with Gasteiger partial charge in [-0.05, 0) is 67.8 Å². The van der Waals surface area contributed by atoms with Crippen LogP contribution in [0.5, 0.6) is 5.75 Å². The molecule has 0 bridgehead atoms. The normalized spacial score (nSPS) is 14.3. The van der Waals surface area contributed by atoms with Crippen molar-refractivity contribution in [1.82, 2.24) is 19.2 Å². The zero-order valence-electron chi connectivity index (χ0n) is 23.3. The van der Waals surface area contributed by atoms with E-state index >= 15 is 0 Å². The predicted octanol–water partition coefficient (Wildman–Crippen LogP) is 6.99. The summed E-state index contributed by atoms with van der Waals surface area (Å²) in [5, 5.41) is 8.22. The van der Waals surface area contributed by atoms with E-state index in [-0.39, 0.29) is 12.1 Å². The van der Waals surface area contributed by atoms with Gasteiger partial charge in [0.1, 0.15) is 11.6 Å². The van der Waals surface area contributed by atoms with Crippen molar-refractivity contribution in [3.8, 4) is 17.3 Å². The minimum Gasteiger partial charge on any atom is -0.495 e. The van der Waals surface area contributed by atoms with Crippen LogP contribution in [0.1, 0.15) is 46.6 Å². The number of carbonyl (C=O) groups excluding carboxylic acids is 1. The highest BCUT2D eigenvalue weighted by Crippen LogP contribution is 2.39. The van der Waals surface area contributed by atoms with Gasteiger partial charge in [0.2, 0.25) is 0 Å². The molecule has 1 N–H and O–H groups in total. The van der Waals surface area contributed by atoms with Crippen LogP contribution in [-0.2, 0) is 13.0 Å². The number of benzene rings is 3. The lowest BCUT2D eigenvalue weighted by Gasteiger charge is -2.31. The van der Waals surface area contributed by atoms with Crippen molar-refractivity contribution in [2.75, 3.05) is 12.4 Å². The number of urea groups is 1. The molecule has 0 unspecified atom stereocenters. The highest BCUT2D eigenvalue weighted by atomic mass is 16.5. The van der Waals surface area contributed by atoms with Crippen molar-refractivity contribution in [3.63, 3.8) is 0 Å². The predicted molar refractivity (Wildman–Crippen MR) is 158 cm³/mol. The summed E-state index contributed by atoms with van der Waals surface area (Å²) in [6.07, 6.45) is 2.82. The molecule has 0 aliphatic carbocycles. The molecule has 7 nitrogen and oxygen atoms in total. The van der Waals surface area contributed by atoms with E-state index in [1.54, 1.807) is 7.11 Å². The number of aromatic nitrogens is 3. The van der Waals surface area contributed by atoms with Crippen LogP contribution in [0.15, 0.2) is 91.1 Å². The molecule has 7 heteroatoms. The van der Waals surface area contributed by atoms with Gasteiger partial charge >= 0.3 is 6.03 Å². The van der Waals surface area contributed by atoms with E-state index in [1.807, 2.05) is 59.0 Å². The second kappa shape index (κ2) is 10.4. The Kier molecular flexibility index (Phi) is 6.64. The minimum atomic E-state index is -0.327. The van der Waals surface area contributed by atoms with Crippen LogP contribution in [0.2, 0.25) is 0 Å². The number of nitrogens with one attached hydrogen (secondary N) is 1. The van der Waals surface area contributed by atoms with Gasteiger partial charge in [0.15, 0.2) is 0 Å². The Hall–Kier alpha value is -4.78. The summed E-state index contributed by atoms with van der Waals surface area (Å²) in [5.41, 5.74) is 7.85. The first kappa shape index (κ1) is 25.5. The molecule has 0 radical (unpaired) electrons. The Bertz CT molecular complexity index is 1680. The number of hydrogen-bond donors (Lipinski definition) is 1. The van der Waals surface area contributed by atoms with Crippen LogP contribution in [0.25, 0.3) is 11.5 Å². The molecular weight excluding hydrogens is 498 g/mol. The second-order valence-electron chi connectivity index (χ2n) is 10.2. The van der Waals surface area contributed by atoms with E-state index in [9.17, 15) is 4.79 Å². The van der Waals surface area contributed by atoms with Gasteiger partial charge in [-0.1, -0.05) is 61.0 Å². The number of ether oxygens (including phenoxy) is 1. The van der Waals surface area contributed by atoms with E-state index in [0.717, 1.165) is 51.6 Å². The fourth-order valence-corrected chi connectivity index (χ4v) is 5.65. The Morgan fingerprint density at radius 2 is 1.77 bits per heavy atom. The summed E-state index contributed by atoms with van der Waals surface area (Å²) in [6, 6.07) is 28.0. The number of carbonyl (C=O) groups is 1. The van der Waals surface area contributed by atoms with E-state index in [2.05, 4.69) is 72.4 Å². The van der Waals surface area contributed by atoms with Crippen LogP contribution < -0.4 is 10.1 Å². The molecule has 5 aromatic rings. The Balaban J connectivity index is 1.55. The summed E-state index contributed by atoms with van der Waals surface area (Å²) < 4.78 is 9.79. The molecule has 3 aromatic carbocycles. The quantitative estimate of drug-likeness (QED) is 0.266. The first-order chi connectivity index (χ1) is 19.5. The number of fused-ring (bicyclic) bond motifs is 3. The van der Waals surface area contributed by atoms with Gasteiger partial charge in [-0.3, -0.25) is 0 Å². The van der Waals surface area contributed by atoms with Crippen LogP contribution in [-0.4, -0.2) is 32.4 Å². The lowest BCUT2D eigenvalue weighted by molar-refractivity contribution is 0.194. The van der Waals surface area contributed by atoms with Crippen LogP contribution in [0.3, 0.4) is 0 Å². The van der Waals surface area contributed by atoms with Crippen molar-refractivity contribution in [2.24, 2.45) is 0 Å². The van der Waals surface area contributed by atoms with Gasteiger partial charge in [-0.2, -0.15) is 5.10 Å². The maximum atomic E-state index is 14.3. The summed E-state index contributed by atoms with van der Waals surface area (Å²) in [4.78, 5) is 16.2. The number of aryl methyl sites for hydroxylation is 3. The van der Waals surface area contributed by atoms with E-state index in [0.29, 0.717) is 18.0 Å². The van der Waals surface area contributed by atoms with Gasteiger partial charge in [-0.15, -0.1) is 0 Å². The van der Waals surface area contributed by atoms with Crippen molar-refractivity contribution >= 4 is 11.7 Å². The highest BCUT2D eigenvalue weighted by Gasteiger charge is 2.36. The summed E-state index contributed by atoms with van der Waals surface area (Å²) >= 11 is 0. The topological polar surface area (TPSA) is 64.3 Å². The molecule has 0 saturated carbocycles. The molecule has 0 fully saturated rings. The Morgan fingerprint density at radius 3 is 2.52 bits per heavy atom. The van der Waals surface area contributed by atoms with Gasteiger partial charge < -0.3 is 19.5 Å². The molecule has 1 aliphatic rings. The molecule has 0 spiro atoms. The lowest BCUT2D eigenvalue weighted by Crippen LogP contribution is -2.38. The van der Waals surface area contributed by atoms with Gasteiger partial charge in [0, 0.05) is 11.8 Å². The number of hydrogen-bond acceptors (Lipinski definition) is 3. The van der Waals surface area contributed by atoms with Gasteiger partial charge in [0.25, 0.3) is 0 Å². The second-order valence-corrected chi connectivity index (χ2v) is 10.2. The molecule has 2 aromatic heterocycles. The molecule has 1 atom stereocenters. The van der Waals surface area contributed by atoms with E-state index < -0.39 is 0 Å². The molecule has 0 saturated heterocycles. The van der Waals surface area contributed by atoms with Gasteiger partial charge in [0.05, 0.1) is 42.5 Å². The molecule has 6 rings (SSSR count). The summed E-state index contributed by atoms with van der Waals surface area (Å²) in [5.74, 6) is 1.58. The van der Waals surface area contributed by atoms with Crippen LogP contribution in [0.4, 0.5) is 10.5 Å². The summed E-state index contributed by atoms with van der Waals surface area (Å²) in [7, 11) is 1.62.